The van der Waals surface area contributed by atoms with Crippen LogP contribution in [-0.4, -0.2) is 23.2 Å². The van der Waals surface area contributed by atoms with E-state index in [1.54, 1.807) is 13.8 Å². The summed E-state index contributed by atoms with van der Waals surface area (Å²) >= 11 is 5.83. The van der Waals surface area contributed by atoms with E-state index in [1.807, 2.05) is 0 Å². The summed E-state index contributed by atoms with van der Waals surface area (Å²) in [6.45, 7) is 4.63. The molecular weight excluding hydrogens is 309 g/mol. The Hall–Kier alpha value is -2.14. The van der Waals surface area contributed by atoms with Crippen LogP contribution >= 0.6 is 11.6 Å². The highest BCUT2D eigenvalue weighted by atomic mass is 35.5. The summed E-state index contributed by atoms with van der Waals surface area (Å²) in [7, 11) is 0. The van der Waals surface area contributed by atoms with Gasteiger partial charge in [0.1, 0.15) is 11.6 Å². The number of halogens is 2. The van der Waals surface area contributed by atoms with Crippen molar-refractivity contribution in [1.82, 2.24) is 4.98 Å². The second-order valence-electron chi connectivity index (χ2n) is 4.97. The maximum atomic E-state index is 12.9. The zero-order chi connectivity index (χ0) is 16.4. The van der Waals surface area contributed by atoms with E-state index in [-0.39, 0.29) is 28.9 Å². The minimum absolute atomic E-state index is 0.0941. The zero-order valence-electron chi connectivity index (χ0n) is 12.4. The zero-order valence-corrected chi connectivity index (χ0v) is 13.2. The molecule has 22 heavy (non-hydrogen) atoms. The summed E-state index contributed by atoms with van der Waals surface area (Å²) in [6, 6.07) is 3.67. The first-order valence-corrected chi connectivity index (χ1v) is 7.00. The number of aromatic nitrogens is 1. The molecule has 0 amide bonds. The molecule has 0 aliphatic heterocycles. The van der Waals surface area contributed by atoms with Gasteiger partial charge in [-0.05, 0) is 44.5 Å². The first kappa shape index (κ1) is 16.2. The van der Waals surface area contributed by atoms with Gasteiger partial charge in [-0.1, -0.05) is 11.6 Å². The number of benzene rings is 1. The molecule has 1 aromatic heterocycles. The Kier molecular flexibility index (Phi) is 4.66. The van der Waals surface area contributed by atoms with Gasteiger partial charge in [-0.25, -0.2) is 4.39 Å². The molecule has 0 saturated carbocycles. The summed E-state index contributed by atoms with van der Waals surface area (Å²) in [5.41, 5.74) is 2.10. The number of carbonyl (C=O) groups excluding carboxylic acids is 2. The van der Waals surface area contributed by atoms with Crippen LogP contribution < -0.4 is 4.74 Å². The molecule has 0 fully saturated rings. The van der Waals surface area contributed by atoms with E-state index < -0.39 is 5.82 Å². The third-order valence-corrected chi connectivity index (χ3v) is 3.62. The number of hydrogen-bond acceptors (Lipinski definition) is 3. The van der Waals surface area contributed by atoms with Crippen LogP contribution in [0.25, 0.3) is 0 Å². The number of hydrogen-bond donors (Lipinski definition) is 1. The third-order valence-electron chi connectivity index (χ3n) is 3.32. The van der Waals surface area contributed by atoms with Crippen LogP contribution in [0.1, 0.15) is 39.0 Å². The van der Waals surface area contributed by atoms with Crippen LogP contribution in [0.5, 0.6) is 5.75 Å². The fraction of sp³-hybridized carbons (Fsp3) is 0.250. The highest BCUT2D eigenvalue weighted by Crippen LogP contribution is 2.25. The van der Waals surface area contributed by atoms with Crippen LogP contribution in [0.2, 0.25) is 5.02 Å². The lowest BCUT2D eigenvalue weighted by Crippen LogP contribution is -2.13. The third kappa shape index (κ3) is 3.20. The maximum absolute atomic E-state index is 12.9. The largest absolute Gasteiger partial charge is 0.484 e. The normalized spacial score (nSPS) is 10.6. The van der Waals surface area contributed by atoms with E-state index in [9.17, 15) is 14.0 Å². The summed E-state index contributed by atoms with van der Waals surface area (Å²) in [4.78, 5) is 26.7. The number of aromatic amines is 1. The van der Waals surface area contributed by atoms with Gasteiger partial charge in [0, 0.05) is 11.3 Å². The summed E-state index contributed by atoms with van der Waals surface area (Å²) in [5, 5.41) is 0.0941. The van der Waals surface area contributed by atoms with Crippen LogP contribution in [0.3, 0.4) is 0 Å². The van der Waals surface area contributed by atoms with Crippen molar-refractivity contribution in [3.63, 3.8) is 0 Å². The van der Waals surface area contributed by atoms with Crippen LogP contribution in [0.4, 0.5) is 4.39 Å². The molecule has 1 heterocycles. The Morgan fingerprint density at radius 3 is 2.55 bits per heavy atom. The topological polar surface area (TPSA) is 59.2 Å². The fourth-order valence-electron chi connectivity index (χ4n) is 2.36. The second-order valence-corrected chi connectivity index (χ2v) is 5.37. The number of nitrogens with one attached hydrogen (secondary N) is 1. The van der Waals surface area contributed by atoms with E-state index in [1.165, 1.54) is 19.1 Å². The smallest absolute Gasteiger partial charge is 0.216 e. The molecule has 0 radical (unpaired) electrons. The Labute approximate surface area is 132 Å². The predicted octanol–water partition coefficient (Wildman–Crippen LogP) is 3.89. The average molecular weight is 324 g/mol. The molecule has 2 rings (SSSR count). The van der Waals surface area contributed by atoms with E-state index in [0.717, 1.165) is 6.07 Å². The van der Waals surface area contributed by atoms with Crippen LogP contribution in [0.15, 0.2) is 18.2 Å². The summed E-state index contributed by atoms with van der Waals surface area (Å²) in [6.07, 6.45) is 0. The molecule has 2 aromatic rings. The molecule has 0 aliphatic rings. The second kappa shape index (κ2) is 6.32. The van der Waals surface area contributed by atoms with Crippen molar-refractivity contribution in [2.45, 2.75) is 20.8 Å². The van der Waals surface area contributed by atoms with Gasteiger partial charge in [-0.2, -0.15) is 0 Å². The molecule has 4 nitrogen and oxygen atoms in total. The summed E-state index contributed by atoms with van der Waals surface area (Å²) < 4.78 is 18.3. The van der Waals surface area contributed by atoms with Crippen LogP contribution in [-0.2, 0) is 0 Å². The van der Waals surface area contributed by atoms with Crippen molar-refractivity contribution >= 4 is 23.2 Å². The van der Waals surface area contributed by atoms with Crippen molar-refractivity contribution in [3.8, 4) is 5.75 Å². The lowest BCUT2D eigenvalue weighted by molar-refractivity contribution is 0.0916. The molecule has 1 aromatic carbocycles. The lowest BCUT2D eigenvalue weighted by atomic mass is 10.1. The Balaban J connectivity index is 2.16. The van der Waals surface area contributed by atoms with Gasteiger partial charge in [0.05, 0.1) is 10.7 Å². The first-order chi connectivity index (χ1) is 10.3. The molecule has 1 N–H and O–H groups in total. The van der Waals surface area contributed by atoms with Gasteiger partial charge in [0.15, 0.2) is 12.4 Å². The molecule has 0 bridgehead atoms. The number of ether oxygens (including phenoxy) is 1. The Bertz CT molecular complexity index is 752. The van der Waals surface area contributed by atoms with E-state index in [0.29, 0.717) is 22.5 Å². The van der Waals surface area contributed by atoms with Crippen molar-refractivity contribution < 1.29 is 18.7 Å². The van der Waals surface area contributed by atoms with Crippen molar-refractivity contribution in [1.29, 1.82) is 0 Å². The fourth-order valence-corrected chi connectivity index (χ4v) is 2.59. The number of carbonyl (C=O) groups is 2. The number of H-pyrrole nitrogens is 1. The van der Waals surface area contributed by atoms with Gasteiger partial charge in [-0.15, -0.1) is 0 Å². The molecule has 116 valence electrons. The molecule has 0 spiro atoms. The van der Waals surface area contributed by atoms with Crippen molar-refractivity contribution in [2.75, 3.05) is 6.61 Å². The first-order valence-electron chi connectivity index (χ1n) is 6.62. The van der Waals surface area contributed by atoms with E-state index in [4.69, 9.17) is 16.3 Å². The monoisotopic (exact) mass is 323 g/mol. The van der Waals surface area contributed by atoms with Gasteiger partial charge >= 0.3 is 0 Å². The molecular formula is C16H15ClFNO3. The van der Waals surface area contributed by atoms with Crippen molar-refractivity contribution in [2.24, 2.45) is 0 Å². The highest BCUT2D eigenvalue weighted by molar-refractivity contribution is 6.32. The number of aryl methyl sites for hydroxylation is 1. The Morgan fingerprint density at radius 2 is 2.00 bits per heavy atom. The molecule has 0 atom stereocenters. The molecule has 0 saturated heterocycles. The lowest BCUT2D eigenvalue weighted by Gasteiger charge is -2.07. The Morgan fingerprint density at radius 1 is 1.32 bits per heavy atom. The van der Waals surface area contributed by atoms with E-state index >= 15 is 0 Å². The standard InChI is InChI=1S/C16H15ClFNO3/c1-8-15(10(3)20)9(2)19-16(8)13(21)7-22-14-5-4-11(18)6-12(14)17/h4-6,19H,7H2,1-3H3. The average Bonchev–Trinajstić information content (AvgIpc) is 2.72. The quantitative estimate of drug-likeness (QED) is 0.849. The SMILES string of the molecule is CC(=O)c1c(C)[nH]c(C(=O)COc2ccc(F)cc2Cl)c1C. The van der Waals surface area contributed by atoms with Crippen LogP contribution in [0, 0.1) is 19.7 Å². The number of Topliss-reactive ketones (excluding diaryl/α,β-unsaturated/α-hetero) is 2. The van der Waals surface area contributed by atoms with E-state index in [2.05, 4.69) is 4.98 Å². The van der Waals surface area contributed by atoms with Gasteiger partial charge in [0.25, 0.3) is 0 Å². The number of ketones is 2. The minimum Gasteiger partial charge on any atom is -0.484 e. The minimum atomic E-state index is -0.481. The highest BCUT2D eigenvalue weighted by Gasteiger charge is 2.20. The van der Waals surface area contributed by atoms with Gasteiger partial charge in [0.2, 0.25) is 5.78 Å². The molecule has 0 aliphatic carbocycles. The molecule has 0 unspecified atom stereocenters. The van der Waals surface area contributed by atoms with Crippen molar-refractivity contribution in [3.05, 3.63) is 51.6 Å². The molecule has 6 heteroatoms. The predicted molar refractivity (Wildman–Crippen MR) is 81.5 cm³/mol. The summed E-state index contributed by atoms with van der Waals surface area (Å²) in [5.74, 6) is -0.670. The maximum Gasteiger partial charge on any atom is 0.216 e. The number of rotatable bonds is 5. The van der Waals surface area contributed by atoms with Gasteiger partial charge < -0.3 is 9.72 Å². The van der Waals surface area contributed by atoms with Gasteiger partial charge in [-0.3, -0.25) is 9.59 Å².